The number of furan rings is 1. The predicted octanol–water partition coefficient (Wildman–Crippen LogP) is 4.56. The van der Waals surface area contributed by atoms with Gasteiger partial charge in [-0.3, -0.25) is 4.79 Å². The number of rotatable bonds is 7. The molecule has 4 aromatic rings. The minimum atomic E-state index is -3.66. The van der Waals surface area contributed by atoms with Crippen LogP contribution in [0.15, 0.2) is 101 Å². The van der Waals surface area contributed by atoms with Crippen molar-refractivity contribution in [2.24, 2.45) is 0 Å². The fourth-order valence-electron chi connectivity index (χ4n) is 3.04. The smallest absolute Gasteiger partial charge is 0.248 e. The maximum absolute atomic E-state index is 12.4. The van der Waals surface area contributed by atoms with Crippen molar-refractivity contribution in [3.63, 3.8) is 0 Å². The summed E-state index contributed by atoms with van der Waals surface area (Å²) in [6.45, 7) is 0.0753. The Hall–Kier alpha value is -3.68. The standard InChI is InChI=1S/C24H20N2O4S/c27-24(26-21-11-10-19-4-1-2-5-20(19)16-21)14-9-18-7-12-23(13-8-18)31(28,29)25-17-22-6-3-15-30-22/h1-16,25H,17H2,(H,26,27)/b14-9+. The molecule has 4 rings (SSSR count). The lowest BCUT2D eigenvalue weighted by atomic mass is 10.1. The first-order valence-electron chi connectivity index (χ1n) is 9.60. The first-order chi connectivity index (χ1) is 15.0. The van der Waals surface area contributed by atoms with E-state index < -0.39 is 10.0 Å². The van der Waals surface area contributed by atoms with Crippen molar-refractivity contribution in [3.05, 3.63) is 103 Å². The number of hydrogen-bond donors (Lipinski definition) is 2. The number of nitrogens with one attached hydrogen (secondary N) is 2. The number of benzene rings is 3. The molecule has 0 fully saturated rings. The van der Waals surface area contributed by atoms with Gasteiger partial charge in [-0.05, 0) is 58.8 Å². The lowest BCUT2D eigenvalue weighted by Crippen LogP contribution is -2.22. The van der Waals surface area contributed by atoms with Gasteiger partial charge in [-0.2, -0.15) is 0 Å². The Kier molecular flexibility index (Phi) is 5.97. The van der Waals surface area contributed by atoms with Gasteiger partial charge in [0.25, 0.3) is 0 Å². The second kappa shape index (κ2) is 8.99. The van der Waals surface area contributed by atoms with E-state index in [1.807, 2.05) is 42.5 Å². The summed E-state index contributed by atoms with van der Waals surface area (Å²) in [5.41, 5.74) is 1.41. The third-order valence-electron chi connectivity index (χ3n) is 4.65. The molecule has 1 amide bonds. The molecular formula is C24H20N2O4S. The lowest BCUT2D eigenvalue weighted by Gasteiger charge is -2.06. The highest BCUT2D eigenvalue weighted by Crippen LogP contribution is 2.19. The molecule has 6 nitrogen and oxygen atoms in total. The minimum Gasteiger partial charge on any atom is -0.468 e. The summed E-state index contributed by atoms with van der Waals surface area (Å²) in [4.78, 5) is 12.4. The van der Waals surface area contributed by atoms with Gasteiger partial charge >= 0.3 is 0 Å². The molecule has 0 aliphatic rings. The van der Waals surface area contributed by atoms with E-state index in [2.05, 4.69) is 10.0 Å². The molecule has 0 aliphatic heterocycles. The number of sulfonamides is 1. The van der Waals surface area contributed by atoms with Gasteiger partial charge in [0, 0.05) is 11.8 Å². The quantitative estimate of drug-likeness (QED) is 0.419. The summed E-state index contributed by atoms with van der Waals surface area (Å²) in [5, 5.41) is 4.97. The number of carbonyl (C=O) groups excluding carboxylic acids is 1. The van der Waals surface area contributed by atoms with Crippen molar-refractivity contribution < 1.29 is 17.6 Å². The van der Waals surface area contributed by atoms with Gasteiger partial charge < -0.3 is 9.73 Å². The number of hydrogen-bond acceptors (Lipinski definition) is 4. The van der Waals surface area contributed by atoms with Gasteiger partial charge in [0.1, 0.15) is 5.76 Å². The van der Waals surface area contributed by atoms with Crippen LogP contribution in [-0.2, 0) is 21.4 Å². The second-order valence-corrected chi connectivity index (χ2v) is 8.62. The molecule has 0 aliphatic carbocycles. The fraction of sp³-hybridized carbons (Fsp3) is 0.0417. The molecule has 0 bridgehead atoms. The summed E-state index contributed by atoms with van der Waals surface area (Å²) in [6.07, 6.45) is 4.53. The number of carbonyl (C=O) groups is 1. The second-order valence-electron chi connectivity index (χ2n) is 6.86. The van der Waals surface area contributed by atoms with E-state index >= 15 is 0 Å². The van der Waals surface area contributed by atoms with E-state index in [0.717, 1.165) is 10.8 Å². The molecule has 3 aromatic carbocycles. The lowest BCUT2D eigenvalue weighted by molar-refractivity contribution is -0.111. The van der Waals surface area contributed by atoms with Gasteiger partial charge in [-0.1, -0.05) is 42.5 Å². The maximum Gasteiger partial charge on any atom is 0.248 e. The summed E-state index contributed by atoms with van der Waals surface area (Å²) >= 11 is 0. The Balaban J connectivity index is 1.37. The van der Waals surface area contributed by atoms with E-state index in [1.54, 1.807) is 30.3 Å². The van der Waals surface area contributed by atoms with Crippen LogP contribution in [0.5, 0.6) is 0 Å². The van der Waals surface area contributed by atoms with Crippen molar-refractivity contribution in [3.8, 4) is 0 Å². The molecule has 0 atom stereocenters. The van der Waals surface area contributed by atoms with Crippen LogP contribution < -0.4 is 10.0 Å². The molecule has 31 heavy (non-hydrogen) atoms. The van der Waals surface area contributed by atoms with E-state index in [1.165, 1.54) is 24.5 Å². The largest absolute Gasteiger partial charge is 0.468 e. The third-order valence-corrected chi connectivity index (χ3v) is 6.07. The number of amides is 1. The van der Waals surface area contributed by atoms with E-state index in [4.69, 9.17) is 4.42 Å². The third kappa shape index (κ3) is 5.28. The average molecular weight is 433 g/mol. The van der Waals surface area contributed by atoms with Crippen molar-refractivity contribution in [1.82, 2.24) is 4.72 Å². The molecule has 0 saturated heterocycles. The van der Waals surface area contributed by atoms with Gasteiger partial charge in [-0.25, -0.2) is 13.1 Å². The molecule has 0 unspecified atom stereocenters. The number of fused-ring (bicyclic) bond motifs is 1. The zero-order valence-electron chi connectivity index (χ0n) is 16.5. The summed E-state index contributed by atoms with van der Waals surface area (Å²) in [5.74, 6) is 0.257. The monoisotopic (exact) mass is 432 g/mol. The van der Waals surface area contributed by atoms with Crippen LogP contribution in [0.25, 0.3) is 16.8 Å². The maximum atomic E-state index is 12.4. The summed E-state index contributed by atoms with van der Waals surface area (Å²) < 4.78 is 32.3. The average Bonchev–Trinajstić information content (AvgIpc) is 3.30. The van der Waals surface area contributed by atoms with Crippen LogP contribution >= 0.6 is 0 Å². The minimum absolute atomic E-state index is 0.0753. The van der Waals surface area contributed by atoms with Crippen LogP contribution in [0, 0.1) is 0 Å². The molecule has 1 aromatic heterocycles. The Morgan fingerprint density at radius 2 is 1.68 bits per heavy atom. The van der Waals surface area contributed by atoms with E-state index in [0.29, 0.717) is 17.0 Å². The van der Waals surface area contributed by atoms with E-state index in [9.17, 15) is 13.2 Å². The molecule has 0 spiro atoms. The first kappa shape index (κ1) is 20.6. The van der Waals surface area contributed by atoms with Crippen molar-refractivity contribution in [2.45, 2.75) is 11.4 Å². The van der Waals surface area contributed by atoms with Crippen LogP contribution in [0.1, 0.15) is 11.3 Å². The Labute approximate surface area is 180 Å². The van der Waals surface area contributed by atoms with Crippen LogP contribution in [0.3, 0.4) is 0 Å². The van der Waals surface area contributed by atoms with Gasteiger partial charge in [0.05, 0.1) is 17.7 Å². The summed E-state index contributed by atoms with van der Waals surface area (Å²) in [7, 11) is -3.66. The molecule has 0 radical (unpaired) electrons. The molecule has 2 N–H and O–H groups in total. The molecule has 1 heterocycles. The molecule has 7 heteroatoms. The Morgan fingerprint density at radius 1 is 0.903 bits per heavy atom. The molecule has 0 saturated carbocycles. The van der Waals surface area contributed by atoms with Crippen LogP contribution in [0.2, 0.25) is 0 Å². The van der Waals surface area contributed by atoms with E-state index in [-0.39, 0.29) is 17.3 Å². The van der Waals surface area contributed by atoms with Crippen molar-refractivity contribution in [1.29, 1.82) is 0 Å². The topological polar surface area (TPSA) is 88.4 Å². The van der Waals surface area contributed by atoms with Gasteiger partial charge in [-0.15, -0.1) is 0 Å². The summed E-state index contributed by atoms with van der Waals surface area (Å²) in [6, 6.07) is 23.3. The predicted molar refractivity (Wildman–Crippen MR) is 121 cm³/mol. The normalized spacial score (nSPS) is 11.7. The van der Waals surface area contributed by atoms with Gasteiger partial charge in [0.2, 0.25) is 15.9 Å². The highest BCUT2D eigenvalue weighted by atomic mass is 32.2. The number of anilines is 1. The zero-order valence-corrected chi connectivity index (χ0v) is 17.3. The Morgan fingerprint density at radius 3 is 2.42 bits per heavy atom. The van der Waals surface area contributed by atoms with Crippen molar-refractivity contribution >= 4 is 38.5 Å². The SMILES string of the molecule is O=C(/C=C/c1ccc(S(=O)(=O)NCc2ccco2)cc1)Nc1ccc2ccccc2c1. The highest BCUT2D eigenvalue weighted by Gasteiger charge is 2.14. The Bertz CT molecular complexity index is 1330. The van der Waals surface area contributed by atoms with Crippen molar-refractivity contribution in [2.75, 3.05) is 5.32 Å². The van der Waals surface area contributed by atoms with Gasteiger partial charge in [0.15, 0.2) is 0 Å². The molecule has 156 valence electrons. The van der Waals surface area contributed by atoms with Crippen LogP contribution in [0.4, 0.5) is 5.69 Å². The zero-order chi connectivity index (χ0) is 21.7. The molecular weight excluding hydrogens is 412 g/mol. The fourth-order valence-corrected chi connectivity index (χ4v) is 4.04. The first-order valence-corrected chi connectivity index (χ1v) is 11.1. The highest BCUT2D eigenvalue weighted by molar-refractivity contribution is 7.89. The van der Waals surface area contributed by atoms with Crippen LogP contribution in [-0.4, -0.2) is 14.3 Å².